The van der Waals surface area contributed by atoms with Crippen LogP contribution >= 0.6 is 34.5 Å². The second kappa shape index (κ2) is 6.54. The third-order valence-electron chi connectivity index (χ3n) is 2.84. The lowest BCUT2D eigenvalue weighted by atomic mass is 10.2. The van der Waals surface area contributed by atoms with E-state index in [1.54, 1.807) is 12.1 Å². The number of hydrogen-bond donors (Lipinski definition) is 1. The minimum Gasteiger partial charge on any atom is -0.305 e. The zero-order chi connectivity index (χ0) is 14.7. The lowest BCUT2D eigenvalue weighted by Gasteiger charge is -2.12. The van der Waals surface area contributed by atoms with Gasteiger partial charge in [0, 0.05) is 23.5 Å². The molecule has 0 spiro atoms. The molecule has 0 aliphatic carbocycles. The van der Waals surface area contributed by atoms with E-state index in [1.807, 2.05) is 19.1 Å². The van der Waals surface area contributed by atoms with Gasteiger partial charge in [-0.15, -0.1) is 11.3 Å². The molecule has 1 N–H and O–H groups in total. The van der Waals surface area contributed by atoms with Crippen LogP contribution in [0, 0.1) is 10.1 Å². The minimum absolute atomic E-state index is 0.0715. The smallest absolute Gasteiger partial charge is 0.288 e. The SMILES string of the molecule is CC(NCc1ccc(Cl)c([N+](=O)[O-])c1)c1ccc(Cl)s1. The molecule has 2 rings (SSSR count). The van der Waals surface area contributed by atoms with Gasteiger partial charge in [0.25, 0.3) is 5.69 Å². The molecule has 106 valence electrons. The largest absolute Gasteiger partial charge is 0.305 e. The highest BCUT2D eigenvalue weighted by Crippen LogP contribution is 2.28. The van der Waals surface area contributed by atoms with Gasteiger partial charge in [0.05, 0.1) is 9.26 Å². The summed E-state index contributed by atoms with van der Waals surface area (Å²) in [7, 11) is 0. The van der Waals surface area contributed by atoms with Crippen molar-refractivity contribution >= 4 is 40.2 Å². The fourth-order valence-corrected chi connectivity index (χ4v) is 3.01. The zero-order valence-corrected chi connectivity index (χ0v) is 12.9. The van der Waals surface area contributed by atoms with Crippen molar-refractivity contribution < 1.29 is 4.92 Å². The van der Waals surface area contributed by atoms with Gasteiger partial charge in [-0.1, -0.05) is 29.3 Å². The van der Waals surface area contributed by atoms with E-state index in [2.05, 4.69) is 5.32 Å². The van der Waals surface area contributed by atoms with Crippen LogP contribution in [0.3, 0.4) is 0 Å². The summed E-state index contributed by atoms with van der Waals surface area (Å²) in [5, 5.41) is 14.3. The predicted octanol–water partition coefficient (Wildman–Crippen LogP) is 4.81. The summed E-state index contributed by atoms with van der Waals surface area (Å²) in [5.74, 6) is 0. The first-order chi connectivity index (χ1) is 9.47. The second-order valence-electron chi connectivity index (χ2n) is 4.29. The van der Waals surface area contributed by atoms with Crippen molar-refractivity contribution in [3.63, 3.8) is 0 Å². The van der Waals surface area contributed by atoms with Crippen LogP contribution in [0.25, 0.3) is 0 Å². The van der Waals surface area contributed by atoms with E-state index in [9.17, 15) is 10.1 Å². The number of hydrogen-bond acceptors (Lipinski definition) is 4. The molecule has 0 radical (unpaired) electrons. The van der Waals surface area contributed by atoms with Gasteiger partial charge >= 0.3 is 0 Å². The Morgan fingerprint density at radius 3 is 2.70 bits per heavy atom. The Morgan fingerprint density at radius 2 is 2.10 bits per heavy atom. The van der Waals surface area contributed by atoms with E-state index in [0.29, 0.717) is 6.54 Å². The number of halogens is 2. The Kier molecular flexibility index (Phi) is 4.99. The van der Waals surface area contributed by atoms with Gasteiger partial charge in [0.1, 0.15) is 5.02 Å². The van der Waals surface area contributed by atoms with Gasteiger partial charge in [-0.05, 0) is 30.7 Å². The van der Waals surface area contributed by atoms with E-state index in [-0.39, 0.29) is 16.8 Å². The number of rotatable bonds is 5. The molecule has 0 amide bonds. The number of nitrogens with zero attached hydrogens (tertiary/aromatic N) is 1. The normalized spacial score (nSPS) is 12.3. The van der Waals surface area contributed by atoms with Crippen molar-refractivity contribution in [3.8, 4) is 0 Å². The minimum atomic E-state index is -0.478. The highest BCUT2D eigenvalue weighted by atomic mass is 35.5. The first kappa shape index (κ1) is 15.3. The molecule has 20 heavy (non-hydrogen) atoms. The van der Waals surface area contributed by atoms with Gasteiger partial charge in [-0.3, -0.25) is 10.1 Å². The molecule has 1 heterocycles. The molecule has 1 aromatic carbocycles. The molecule has 7 heteroatoms. The Bertz CT molecular complexity index is 631. The van der Waals surface area contributed by atoms with E-state index in [4.69, 9.17) is 23.2 Å². The molecule has 4 nitrogen and oxygen atoms in total. The summed E-state index contributed by atoms with van der Waals surface area (Å²) < 4.78 is 0.746. The van der Waals surface area contributed by atoms with Crippen molar-refractivity contribution in [1.82, 2.24) is 5.32 Å². The van der Waals surface area contributed by atoms with E-state index >= 15 is 0 Å². The Morgan fingerprint density at radius 1 is 1.35 bits per heavy atom. The molecule has 1 aromatic heterocycles. The van der Waals surface area contributed by atoms with Gasteiger partial charge < -0.3 is 5.32 Å². The lowest BCUT2D eigenvalue weighted by Crippen LogP contribution is -2.17. The fourth-order valence-electron chi connectivity index (χ4n) is 1.74. The van der Waals surface area contributed by atoms with Gasteiger partial charge in [0.2, 0.25) is 0 Å². The summed E-state index contributed by atoms with van der Waals surface area (Å²) in [5.41, 5.74) is 0.744. The van der Waals surface area contributed by atoms with Crippen molar-refractivity contribution in [1.29, 1.82) is 0 Å². The Labute approximate surface area is 130 Å². The topological polar surface area (TPSA) is 55.2 Å². The van der Waals surface area contributed by atoms with Crippen LogP contribution < -0.4 is 5.32 Å². The van der Waals surface area contributed by atoms with Crippen molar-refractivity contribution in [2.24, 2.45) is 0 Å². The molecular formula is C13H12Cl2N2O2S. The maximum absolute atomic E-state index is 10.8. The van der Waals surface area contributed by atoms with E-state index in [0.717, 1.165) is 14.8 Å². The predicted molar refractivity (Wildman–Crippen MR) is 82.7 cm³/mol. The third kappa shape index (κ3) is 3.70. The van der Waals surface area contributed by atoms with Crippen LogP contribution in [0.2, 0.25) is 9.36 Å². The Balaban J connectivity index is 2.04. The molecule has 0 bridgehead atoms. The Hall–Kier alpha value is -1.14. The standard InChI is InChI=1S/C13H12Cl2N2O2S/c1-8(12-4-5-13(15)20-12)16-7-9-2-3-10(14)11(6-9)17(18)19/h2-6,8,16H,7H2,1H3. The van der Waals surface area contributed by atoms with Gasteiger partial charge in [-0.25, -0.2) is 0 Å². The maximum atomic E-state index is 10.8. The van der Waals surface area contributed by atoms with Gasteiger partial charge in [-0.2, -0.15) is 0 Å². The summed E-state index contributed by atoms with van der Waals surface area (Å²) >= 11 is 13.2. The van der Waals surface area contributed by atoms with Crippen LogP contribution in [0.15, 0.2) is 30.3 Å². The average molecular weight is 331 g/mol. The van der Waals surface area contributed by atoms with E-state index < -0.39 is 4.92 Å². The number of nitrogens with one attached hydrogen (secondary N) is 1. The fraction of sp³-hybridized carbons (Fsp3) is 0.231. The van der Waals surface area contributed by atoms with Crippen LogP contribution in [0.5, 0.6) is 0 Å². The molecule has 1 atom stereocenters. The van der Waals surface area contributed by atoms with Crippen LogP contribution in [0.1, 0.15) is 23.4 Å². The average Bonchev–Trinajstić information content (AvgIpc) is 2.84. The molecule has 2 aromatic rings. The summed E-state index contributed by atoms with van der Waals surface area (Å²) in [6.45, 7) is 2.54. The van der Waals surface area contributed by atoms with Crippen molar-refractivity contribution in [3.05, 3.63) is 60.2 Å². The number of benzene rings is 1. The van der Waals surface area contributed by atoms with E-state index in [1.165, 1.54) is 17.4 Å². The highest BCUT2D eigenvalue weighted by molar-refractivity contribution is 7.16. The number of nitro groups is 1. The molecule has 0 saturated carbocycles. The van der Waals surface area contributed by atoms with Crippen LogP contribution in [-0.2, 0) is 6.54 Å². The molecule has 1 unspecified atom stereocenters. The summed E-state index contributed by atoms with van der Waals surface area (Å²) in [6.07, 6.45) is 0. The van der Waals surface area contributed by atoms with Crippen LogP contribution in [-0.4, -0.2) is 4.92 Å². The molecule has 0 fully saturated rings. The molecule has 0 aliphatic rings. The first-order valence-corrected chi connectivity index (χ1v) is 7.46. The second-order valence-corrected chi connectivity index (χ2v) is 6.44. The quantitative estimate of drug-likeness (QED) is 0.632. The third-order valence-corrected chi connectivity index (χ3v) is 4.57. The highest BCUT2D eigenvalue weighted by Gasteiger charge is 2.13. The van der Waals surface area contributed by atoms with Crippen molar-refractivity contribution in [2.45, 2.75) is 19.5 Å². The number of thiophene rings is 1. The molecule has 0 saturated heterocycles. The maximum Gasteiger partial charge on any atom is 0.288 e. The first-order valence-electron chi connectivity index (χ1n) is 5.89. The van der Waals surface area contributed by atoms with Crippen molar-refractivity contribution in [2.75, 3.05) is 0 Å². The molecular weight excluding hydrogens is 319 g/mol. The van der Waals surface area contributed by atoms with Gasteiger partial charge in [0.15, 0.2) is 0 Å². The monoisotopic (exact) mass is 330 g/mol. The summed E-state index contributed by atoms with van der Waals surface area (Å²) in [6, 6.07) is 8.76. The lowest BCUT2D eigenvalue weighted by molar-refractivity contribution is -0.384. The molecule has 0 aliphatic heterocycles. The number of nitro benzene ring substituents is 1. The zero-order valence-electron chi connectivity index (χ0n) is 10.6. The van der Waals surface area contributed by atoms with Crippen LogP contribution in [0.4, 0.5) is 5.69 Å². The summed E-state index contributed by atoms with van der Waals surface area (Å²) in [4.78, 5) is 11.5.